The number of benzene rings is 1. The maximum atomic E-state index is 11.3. The fourth-order valence-corrected chi connectivity index (χ4v) is 1.60. The second-order valence-corrected chi connectivity index (χ2v) is 4.33. The fraction of sp³-hybridized carbons (Fsp3) is 0. The molecule has 0 fully saturated rings. The summed E-state index contributed by atoms with van der Waals surface area (Å²) >= 11 is 0. The molecule has 0 aliphatic carbocycles. The summed E-state index contributed by atoms with van der Waals surface area (Å²) in [7, 11) is -4.01. The van der Waals surface area contributed by atoms with E-state index < -0.39 is 16.0 Å². The van der Waals surface area contributed by atoms with Crippen LogP contribution in [0.4, 0.5) is 0 Å². The number of ether oxygens (including phenoxy) is 1. The van der Waals surface area contributed by atoms with Gasteiger partial charge >= 0.3 is 5.97 Å². The summed E-state index contributed by atoms with van der Waals surface area (Å²) in [4.78, 5) is 12.9. The van der Waals surface area contributed by atoms with Crippen LogP contribution >= 0.6 is 0 Å². The molecule has 0 aliphatic heterocycles. The lowest BCUT2D eigenvalue weighted by Gasteiger charge is -2.01. The third kappa shape index (κ3) is 3.33. The minimum Gasteiger partial charge on any atom is -0.423 e. The van der Waals surface area contributed by atoms with Crippen LogP contribution in [0.15, 0.2) is 46.3 Å². The van der Waals surface area contributed by atoms with E-state index in [0.29, 0.717) is 0 Å². The SMILES string of the molecule is C=CC(=O)Oc1ccc(S(=O)(=O)N=[N+]=[N-])cc1. The van der Waals surface area contributed by atoms with Crippen LogP contribution in [0.25, 0.3) is 10.4 Å². The maximum absolute atomic E-state index is 11.3. The summed E-state index contributed by atoms with van der Waals surface area (Å²) in [5.41, 5.74) is 8.07. The third-order valence-electron chi connectivity index (χ3n) is 1.65. The lowest BCUT2D eigenvalue weighted by Crippen LogP contribution is -2.03. The van der Waals surface area contributed by atoms with Gasteiger partial charge in [-0.05, 0) is 29.8 Å². The number of hydrogen-bond donors (Lipinski definition) is 0. The quantitative estimate of drug-likeness (QED) is 0.203. The first-order valence-corrected chi connectivity index (χ1v) is 5.69. The number of sulfonamides is 1. The highest BCUT2D eigenvalue weighted by molar-refractivity contribution is 7.90. The van der Waals surface area contributed by atoms with Crippen LogP contribution in [0.3, 0.4) is 0 Å². The molecule has 0 heterocycles. The Morgan fingerprint density at radius 3 is 2.47 bits per heavy atom. The molecule has 0 atom stereocenters. The Labute approximate surface area is 97.0 Å². The normalized spacial score (nSPS) is 10.1. The number of carbonyl (C=O) groups excluding carboxylic acids is 1. The zero-order valence-corrected chi connectivity index (χ0v) is 9.29. The average molecular weight is 253 g/mol. The van der Waals surface area contributed by atoms with Gasteiger partial charge in [0, 0.05) is 15.5 Å². The van der Waals surface area contributed by atoms with Crippen molar-refractivity contribution in [2.75, 3.05) is 0 Å². The highest BCUT2D eigenvalue weighted by Crippen LogP contribution is 2.17. The van der Waals surface area contributed by atoms with Gasteiger partial charge in [-0.15, -0.1) is 0 Å². The van der Waals surface area contributed by atoms with E-state index in [4.69, 9.17) is 10.3 Å². The average Bonchev–Trinajstić information content (AvgIpc) is 2.29. The Morgan fingerprint density at radius 2 is 2.00 bits per heavy atom. The Bertz CT molecular complexity index is 585. The van der Waals surface area contributed by atoms with Gasteiger partial charge in [-0.1, -0.05) is 6.58 Å². The van der Waals surface area contributed by atoms with E-state index in [2.05, 4.69) is 16.0 Å². The summed E-state index contributed by atoms with van der Waals surface area (Å²) in [6, 6.07) is 4.85. The van der Waals surface area contributed by atoms with Crippen molar-refractivity contribution in [3.05, 3.63) is 47.4 Å². The third-order valence-corrected chi connectivity index (χ3v) is 2.81. The molecule has 0 aliphatic rings. The monoisotopic (exact) mass is 253 g/mol. The molecule has 0 unspecified atom stereocenters. The number of rotatable bonds is 4. The van der Waals surface area contributed by atoms with Gasteiger partial charge < -0.3 is 4.74 Å². The van der Waals surface area contributed by atoms with Gasteiger partial charge in [-0.25, -0.2) is 13.2 Å². The molecule has 8 heteroatoms. The fourth-order valence-electron chi connectivity index (χ4n) is 0.933. The summed E-state index contributed by atoms with van der Waals surface area (Å²) in [5, 5.41) is 0. The predicted molar refractivity (Wildman–Crippen MR) is 58.6 cm³/mol. The molecular formula is C9H7N3O4S. The minimum atomic E-state index is -4.01. The first-order chi connectivity index (χ1) is 7.99. The van der Waals surface area contributed by atoms with Crippen LogP contribution < -0.4 is 4.74 Å². The van der Waals surface area contributed by atoms with Gasteiger partial charge in [0.05, 0.1) is 4.90 Å². The van der Waals surface area contributed by atoms with Crippen LogP contribution in [-0.2, 0) is 14.8 Å². The van der Waals surface area contributed by atoms with Gasteiger partial charge in [0.2, 0.25) is 0 Å². The van der Waals surface area contributed by atoms with Crippen molar-refractivity contribution < 1.29 is 17.9 Å². The molecule has 0 radical (unpaired) electrons. The first-order valence-electron chi connectivity index (χ1n) is 4.25. The van der Waals surface area contributed by atoms with E-state index in [0.717, 1.165) is 18.2 Å². The number of esters is 1. The van der Waals surface area contributed by atoms with E-state index >= 15 is 0 Å². The topological polar surface area (TPSA) is 109 Å². The second-order valence-electron chi connectivity index (χ2n) is 2.74. The highest BCUT2D eigenvalue weighted by atomic mass is 32.2. The zero-order valence-electron chi connectivity index (χ0n) is 8.48. The molecule has 1 aromatic rings. The molecule has 1 aromatic carbocycles. The van der Waals surface area contributed by atoms with Crippen molar-refractivity contribution in [3.8, 4) is 5.75 Å². The van der Waals surface area contributed by atoms with E-state index in [1.807, 2.05) is 0 Å². The van der Waals surface area contributed by atoms with Crippen molar-refractivity contribution in [1.29, 1.82) is 0 Å². The molecule has 0 saturated heterocycles. The van der Waals surface area contributed by atoms with Gasteiger partial charge in [-0.3, -0.25) is 0 Å². The number of azide groups is 1. The van der Waals surface area contributed by atoms with Gasteiger partial charge in [-0.2, -0.15) is 0 Å². The Balaban J connectivity index is 3.00. The largest absolute Gasteiger partial charge is 0.423 e. The van der Waals surface area contributed by atoms with Crippen LogP contribution in [-0.4, -0.2) is 14.4 Å². The molecular weight excluding hydrogens is 246 g/mol. The molecule has 0 saturated carbocycles. The van der Waals surface area contributed by atoms with Gasteiger partial charge in [0.25, 0.3) is 10.0 Å². The smallest absolute Gasteiger partial charge is 0.335 e. The summed E-state index contributed by atoms with van der Waals surface area (Å²) in [6.07, 6.45) is 0.977. The zero-order chi connectivity index (χ0) is 12.9. The van der Waals surface area contributed by atoms with Crippen LogP contribution in [0.5, 0.6) is 5.75 Å². The first kappa shape index (κ1) is 12.8. The van der Waals surface area contributed by atoms with Crippen molar-refractivity contribution in [3.63, 3.8) is 0 Å². The van der Waals surface area contributed by atoms with Crippen LogP contribution in [0.1, 0.15) is 0 Å². The van der Waals surface area contributed by atoms with Gasteiger partial charge in [0.15, 0.2) is 0 Å². The van der Waals surface area contributed by atoms with Crippen molar-refractivity contribution in [1.82, 2.24) is 0 Å². The molecule has 0 bridgehead atoms. The highest BCUT2D eigenvalue weighted by Gasteiger charge is 2.11. The second kappa shape index (κ2) is 5.15. The molecule has 0 spiro atoms. The summed E-state index contributed by atoms with van der Waals surface area (Å²) in [5.74, 6) is -0.495. The lowest BCUT2D eigenvalue weighted by atomic mass is 10.3. The Hall–Kier alpha value is -2.31. The van der Waals surface area contributed by atoms with E-state index in [1.54, 1.807) is 0 Å². The Morgan fingerprint density at radius 1 is 1.41 bits per heavy atom. The Kier molecular flexibility index (Phi) is 3.86. The molecule has 0 amide bonds. The van der Waals surface area contributed by atoms with Gasteiger partial charge in [0.1, 0.15) is 5.75 Å². The molecule has 0 N–H and O–H groups in total. The number of hydrogen-bond acceptors (Lipinski definition) is 4. The number of carbonyl (C=O) groups is 1. The van der Waals surface area contributed by atoms with E-state index in [9.17, 15) is 13.2 Å². The maximum Gasteiger partial charge on any atom is 0.335 e. The molecule has 7 nitrogen and oxygen atoms in total. The van der Waals surface area contributed by atoms with Crippen molar-refractivity contribution in [2.24, 2.45) is 4.52 Å². The standard InChI is InChI=1S/C9H7N3O4S/c1-2-9(13)16-7-3-5-8(6-4-7)17(14,15)12-11-10/h2-6H,1H2. The minimum absolute atomic E-state index is 0.162. The molecule has 1 rings (SSSR count). The number of nitrogens with zero attached hydrogens (tertiary/aromatic N) is 3. The van der Waals surface area contributed by atoms with Crippen LogP contribution in [0, 0.1) is 0 Å². The van der Waals surface area contributed by atoms with Crippen molar-refractivity contribution in [2.45, 2.75) is 4.90 Å². The summed E-state index contributed by atoms with van der Waals surface area (Å²) < 4.78 is 30.0. The lowest BCUT2D eigenvalue weighted by molar-refractivity contribution is -0.128. The van der Waals surface area contributed by atoms with E-state index in [-0.39, 0.29) is 10.6 Å². The predicted octanol–water partition coefficient (Wildman–Crippen LogP) is 1.78. The van der Waals surface area contributed by atoms with Crippen LogP contribution in [0.2, 0.25) is 0 Å². The van der Waals surface area contributed by atoms with E-state index in [1.165, 1.54) is 12.1 Å². The molecule has 17 heavy (non-hydrogen) atoms. The van der Waals surface area contributed by atoms with Crippen molar-refractivity contribution >= 4 is 16.0 Å². The summed E-state index contributed by atoms with van der Waals surface area (Å²) in [6.45, 7) is 3.21. The molecule has 88 valence electrons. The molecule has 0 aromatic heterocycles.